The highest BCUT2D eigenvalue weighted by molar-refractivity contribution is 6.30. The smallest absolute Gasteiger partial charge is 0.0596 e. The summed E-state index contributed by atoms with van der Waals surface area (Å²) in [5.74, 6) is 0. The second kappa shape index (κ2) is 4.66. The molecule has 0 radical (unpaired) electrons. The van der Waals surface area contributed by atoms with Crippen LogP contribution in [0.3, 0.4) is 0 Å². The molecule has 3 rings (SSSR count). The Bertz CT molecular complexity index is 582. The summed E-state index contributed by atoms with van der Waals surface area (Å²) in [7, 11) is 2.02. The monoisotopic (exact) mass is 275 g/mol. The Morgan fingerprint density at radius 3 is 2.47 bits per heavy atom. The van der Waals surface area contributed by atoms with E-state index in [1.807, 2.05) is 30.8 Å². The maximum absolute atomic E-state index is 5.98. The summed E-state index contributed by atoms with van der Waals surface area (Å²) in [4.78, 5) is 0. The Kier molecular flexibility index (Phi) is 3.11. The van der Waals surface area contributed by atoms with E-state index in [2.05, 4.69) is 28.6 Å². The van der Waals surface area contributed by atoms with Crippen LogP contribution in [0.5, 0.6) is 0 Å². The van der Waals surface area contributed by atoms with E-state index in [0.29, 0.717) is 0 Å². The van der Waals surface area contributed by atoms with Crippen LogP contribution in [0.2, 0.25) is 5.02 Å². The lowest BCUT2D eigenvalue weighted by molar-refractivity contribution is 0.270. The molecule has 4 heteroatoms. The minimum absolute atomic E-state index is 0.185. The molecule has 0 amide bonds. The first kappa shape index (κ1) is 12.7. The minimum atomic E-state index is 0.185. The third-order valence-electron chi connectivity index (χ3n) is 4.00. The molecule has 0 unspecified atom stereocenters. The van der Waals surface area contributed by atoms with Crippen LogP contribution in [0.15, 0.2) is 30.3 Å². The summed E-state index contributed by atoms with van der Waals surface area (Å²) >= 11 is 5.98. The van der Waals surface area contributed by atoms with Crippen LogP contribution >= 0.6 is 11.6 Å². The second-order valence-corrected chi connectivity index (χ2v) is 5.90. The molecule has 1 aromatic heterocycles. The van der Waals surface area contributed by atoms with Gasteiger partial charge in [0.1, 0.15) is 0 Å². The topological polar surface area (TPSA) is 29.9 Å². The molecule has 19 heavy (non-hydrogen) atoms. The molecule has 3 nitrogen and oxygen atoms in total. The van der Waals surface area contributed by atoms with Gasteiger partial charge in [0.25, 0.3) is 0 Å². The van der Waals surface area contributed by atoms with Gasteiger partial charge in [-0.25, -0.2) is 0 Å². The van der Waals surface area contributed by atoms with Crippen molar-refractivity contribution >= 4 is 11.6 Å². The van der Waals surface area contributed by atoms with Gasteiger partial charge in [-0.3, -0.25) is 4.68 Å². The lowest BCUT2D eigenvalue weighted by atomic mass is 9.72. The molecule has 2 heterocycles. The molecular formula is C15H18ClN3. The van der Waals surface area contributed by atoms with E-state index in [9.17, 15) is 0 Å². The van der Waals surface area contributed by atoms with Gasteiger partial charge in [-0.15, -0.1) is 0 Å². The first-order chi connectivity index (χ1) is 9.09. The predicted octanol–water partition coefficient (Wildman–Crippen LogP) is 2.47. The maximum Gasteiger partial charge on any atom is 0.0596 e. The average Bonchev–Trinajstić information content (AvgIpc) is 2.64. The Morgan fingerprint density at radius 2 is 2.00 bits per heavy atom. The van der Waals surface area contributed by atoms with Crippen LogP contribution in [0, 0.1) is 6.92 Å². The van der Waals surface area contributed by atoms with E-state index in [-0.39, 0.29) is 5.41 Å². The molecule has 1 fully saturated rings. The summed E-state index contributed by atoms with van der Waals surface area (Å²) < 4.78 is 1.99. The molecule has 0 bridgehead atoms. The number of hydrogen-bond donors (Lipinski definition) is 1. The zero-order valence-electron chi connectivity index (χ0n) is 11.3. The molecule has 100 valence electrons. The quantitative estimate of drug-likeness (QED) is 0.933. The van der Waals surface area contributed by atoms with Crippen molar-refractivity contribution in [1.82, 2.24) is 15.1 Å². The SMILES string of the molecule is Cc1cc(CC2(c3ccc(Cl)cc3)CNC2)n(C)n1. The number of hydrogen-bond acceptors (Lipinski definition) is 2. The summed E-state index contributed by atoms with van der Waals surface area (Å²) in [6.07, 6.45) is 1.01. The van der Waals surface area contributed by atoms with Crippen molar-refractivity contribution in [3.05, 3.63) is 52.3 Å². The number of nitrogens with zero attached hydrogens (tertiary/aromatic N) is 2. The van der Waals surface area contributed by atoms with Crippen LogP contribution in [-0.2, 0) is 18.9 Å². The van der Waals surface area contributed by atoms with Crippen LogP contribution < -0.4 is 5.32 Å². The van der Waals surface area contributed by atoms with E-state index in [4.69, 9.17) is 11.6 Å². The Morgan fingerprint density at radius 1 is 1.32 bits per heavy atom. The maximum atomic E-state index is 5.98. The van der Waals surface area contributed by atoms with Crippen molar-refractivity contribution in [2.24, 2.45) is 7.05 Å². The van der Waals surface area contributed by atoms with Crippen LogP contribution in [0.1, 0.15) is 17.0 Å². The summed E-state index contributed by atoms with van der Waals surface area (Å²) in [6, 6.07) is 10.4. The van der Waals surface area contributed by atoms with E-state index in [1.165, 1.54) is 11.3 Å². The zero-order valence-corrected chi connectivity index (χ0v) is 12.0. The molecule has 1 aromatic carbocycles. The van der Waals surface area contributed by atoms with E-state index >= 15 is 0 Å². The number of benzene rings is 1. The van der Waals surface area contributed by atoms with Gasteiger partial charge >= 0.3 is 0 Å². The third kappa shape index (κ3) is 2.28. The molecule has 1 N–H and O–H groups in total. The van der Waals surface area contributed by atoms with Crippen LogP contribution in [0.4, 0.5) is 0 Å². The average molecular weight is 276 g/mol. The molecule has 0 spiro atoms. The second-order valence-electron chi connectivity index (χ2n) is 5.47. The van der Waals surface area contributed by atoms with Crippen molar-refractivity contribution < 1.29 is 0 Å². The lowest BCUT2D eigenvalue weighted by Crippen LogP contribution is -2.58. The normalized spacial score (nSPS) is 17.2. The third-order valence-corrected chi connectivity index (χ3v) is 4.25. The summed E-state index contributed by atoms with van der Waals surface area (Å²) in [6.45, 7) is 4.06. The Balaban J connectivity index is 1.91. The molecule has 0 atom stereocenters. The van der Waals surface area contributed by atoms with Gasteiger partial charge < -0.3 is 5.32 Å². The van der Waals surface area contributed by atoms with Crippen LogP contribution in [-0.4, -0.2) is 22.9 Å². The molecule has 0 saturated carbocycles. The number of rotatable bonds is 3. The van der Waals surface area contributed by atoms with Crippen molar-refractivity contribution in [3.63, 3.8) is 0 Å². The first-order valence-electron chi connectivity index (χ1n) is 6.55. The van der Waals surface area contributed by atoms with Crippen LogP contribution in [0.25, 0.3) is 0 Å². The van der Waals surface area contributed by atoms with Gasteiger partial charge in [-0.2, -0.15) is 5.10 Å². The van der Waals surface area contributed by atoms with E-state index in [1.54, 1.807) is 0 Å². The lowest BCUT2D eigenvalue weighted by Gasteiger charge is -2.43. The van der Waals surface area contributed by atoms with Crippen molar-refractivity contribution in [2.45, 2.75) is 18.8 Å². The Labute approximate surface area is 118 Å². The van der Waals surface area contributed by atoms with Gasteiger partial charge in [-0.05, 0) is 30.7 Å². The van der Waals surface area contributed by atoms with E-state index in [0.717, 1.165) is 30.2 Å². The molecule has 1 saturated heterocycles. The summed E-state index contributed by atoms with van der Waals surface area (Å²) in [5.41, 5.74) is 3.91. The molecular weight excluding hydrogens is 258 g/mol. The first-order valence-corrected chi connectivity index (χ1v) is 6.93. The van der Waals surface area contributed by atoms with Crippen molar-refractivity contribution in [2.75, 3.05) is 13.1 Å². The molecule has 1 aliphatic rings. The fraction of sp³-hybridized carbons (Fsp3) is 0.400. The largest absolute Gasteiger partial charge is 0.315 e. The number of aryl methyl sites for hydroxylation is 2. The van der Waals surface area contributed by atoms with Gasteiger partial charge in [0.05, 0.1) is 5.69 Å². The minimum Gasteiger partial charge on any atom is -0.315 e. The highest BCUT2D eigenvalue weighted by atomic mass is 35.5. The van der Waals surface area contributed by atoms with Gasteiger partial charge in [0.2, 0.25) is 0 Å². The standard InChI is InChI=1S/C15H18ClN3/c1-11-7-14(19(2)18-11)8-15(9-17-10-15)12-3-5-13(16)6-4-12/h3-7,17H,8-10H2,1-2H3. The van der Waals surface area contributed by atoms with Gasteiger partial charge in [-0.1, -0.05) is 23.7 Å². The predicted molar refractivity (Wildman–Crippen MR) is 77.6 cm³/mol. The fourth-order valence-electron chi connectivity index (χ4n) is 2.84. The number of halogens is 1. The van der Waals surface area contributed by atoms with Crippen molar-refractivity contribution in [3.8, 4) is 0 Å². The highest BCUT2D eigenvalue weighted by Gasteiger charge is 2.39. The molecule has 2 aromatic rings. The van der Waals surface area contributed by atoms with E-state index < -0.39 is 0 Å². The number of nitrogens with one attached hydrogen (secondary N) is 1. The van der Waals surface area contributed by atoms with Crippen molar-refractivity contribution in [1.29, 1.82) is 0 Å². The Hall–Kier alpha value is -1.32. The highest BCUT2D eigenvalue weighted by Crippen LogP contribution is 2.33. The number of aromatic nitrogens is 2. The van der Waals surface area contributed by atoms with Gasteiger partial charge in [0, 0.05) is 42.7 Å². The summed E-state index contributed by atoms with van der Waals surface area (Å²) in [5, 5.41) is 8.63. The fourth-order valence-corrected chi connectivity index (χ4v) is 2.96. The zero-order chi connectivity index (χ0) is 13.5. The molecule has 1 aliphatic heterocycles. The van der Waals surface area contributed by atoms with Gasteiger partial charge in [0.15, 0.2) is 0 Å². The molecule has 0 aliphatic carbocycles.